The van der Waals surface area contributed by atoms with Crippen LogP contribution < -0.4 is 4.90 Å². The van der Waals surface area contributed by atoms with Crippen molar-refractivity contribution in [3.63, 3.8) is 0 Å². The molecule has 2 fully saturated rings. The van der Waals surface area contributed by atoms with Gasteiger partial charge in [0, 0.05) is 36.3 Å². The molecule has 1 aromatic carbocycles. The van der Waals surface area contributed by atoms with Crippen LogP contribution in [-0.4, -0.2) is 32.4 Å². The van der Waals surface area contributed by atoms with E-state index in [0.717, 1.165) is 29.7 Å². The highest BCUT2D eigenvalue weighted by Crippen LogP contribution is 2.41. The van der Waals surface area contributed by atoms with E-state index in [-0.39, 0.29) is 12.1 Å². The molecule has 5 rings (SSSR count). The van der Waals surface area contributed by atoms with E-state index in [0.29, 0.717) is 27.8 Å². The summed E-state index contributed by atoms with van der Waals surface area (Å²) in [6.07, 6.45) is 7.88. The van der Waals surface area contributed by atoms with Crippen molar-refractivity contribution in [2.45, 2.75) is 31.3 Å². The highest BCUT2D eigenvalue weighted by Gasteiger charge is 2.46. The third-order valence-corrected chi connectivity index (χ3v) is 5.99. The minimum atomic E-state index is -0.0662. The van der Waals surface area contributed by atoms with Crippen LogP contribution in [0.5, 0.6) is 0 Å². The van der Waals surface area contributed by atoms with Gasteiger partial charge in [-0.3, -0.25) is 4.79 Å². The van der Waals surface area contributed by atoms with Crippen LogP contribution in [0.1, 0.15) is 19.3 Å². The number of anilines is 1. The number of carbonyl (C=O) groups excluding carboxylic acids is 1. The molecule has 0 spiro atoms. The van der Waals surface area contributed by atoms with Crippen LogP contribution in [0.2, 0.25) is 10.0 Å². The van der Waals surface area contributed by atoms with Gasteiger partial charge in [-0.25, -0.2) is 9.97 Å². The predicted octanol–water partition coefficient (Wildman–Crippen LogP) is 4.04. The second-order valence-electron chi connectivity index (χ2n) is 6.55. The number of hydrogen-bond donors (Lipinski definition) is 0. The Morgan fingerprint density at radius 2 is 2.08 bits per heavy atom. The van der Waals surface area contributed by atoms with Crippen molar-refractivity contribution in [2.24, 2.45) is 0 Å². The van der Waals surface area contributed by atoms with Crippen molar-refractivity contribution in [3.05, 3.63) is 47.0 Å². The SMILES string of the molecule is O=C1CC2CCC1N2c1cc(-n2ccnc2)c2ccc(Cl)c(Cl)c2n1. The van der Waals surface area contributed by atoms with E-state index in [4.69, 9.17) is 28.2 Å². The molecule has 7 heteroatoms. The Morgan fingerprint density at radius 3 is 2.76 bits per heavy atom. The lowest BCUT2D eigenvalue weighted by Crippen LogP contribution is -2.31. The molecule has 2 bridgehead atoms. The third kappa shape index (κ3) is 2.19. The van der Waals surface area contributed by atoms with Crippen molar-refractivity contribution >= 4 is 45.7 Å². The topological polar surface area (TPSA) is 51.0 Å². The number of ketones is 1. The van der Waals surface area contributed by atoms with Crippen LogP contribution in [-0.2, 0) is 4.79 Å². The van der Waals surface area contributed by atoms with Gasteiger partial charge in [0.15, 0.2) is 5.78 Å². The highest BCUT2D eigenvalue weighted by atomic mass is 35.5. The maximum Gasteiger partial charge on any atom is 0.157 e. The molecule has 3 aromatic rings. The molecule has 0 N–H and O–H groups in total. The van der Waals surface area contributed by atoms with Crippen LogP contribution in [0.25, 0.3) is 16.6 Å². The molecule has 2 atom stereocenters. The van der Waals surface area contributed by atoms with Gasteiger partial charge in [-0.2, -0.15) is 0 Å². The first-order chi connectivity index (χ1) is 12.1. The molecule has 0 amide bonds. The maximum atomic E-state index is 12.2. The molecule has 2 aliphatic rings. The lowest BCUT2D eigenvalue weighted by molar-refractivity contribution is -0.119. The number of pyridine rings is 1. The number of carbonyl (C=O) groups is 1. The molecule has 0 radical (unpaired) electrons. The van der Waals surface area contributed by atoms with E-state index in [1.807, 2.05) is 22.9 Å². The smallest absolute Gasteiger partial charge is 0.157 e. The summed E-state index contributed by atoms with van der Waals surface area (Å²) in [7, 11) is 0. The Balaban J connectivity index is 1.78. The summed E-state index contributed by atoms with van der Waals surface area (Å²) in [6, 6.07) is 5.87. The average molecular weight is 373 g/mol. The monoisotopic (exact) mass is 372 g/mol. The number of rotatable bonds is 2. The zero-order valence-corrected chi connectivity index (χ0v) is 14.7. The summed E-state index contributed by atoms with van der Waals surface area (Å²) in [4.78, 5) is 23.3. The summed E-state index contributed by atoms with van der Waals surface area (Å²) in [6.45, 7) is 0. The Kier molecular flexibility index (Phi) is 3.30. The van der Waals surface area contributed by atoms with Crippen LogP contribution in [0.4, 0.5) is 5.82 Å². The zero-order valence-electron chi connectivity index (χ0n) is 13.2. The molecule has 5 nitrogen and oxygen atoms in total. The molecule has 0 aliphatic carbocycles. The number of hydrogen-bond acceptors (Lipinski definition) is 4. The van der Waals surface area contributed by atoms with Gasteiger partial charge in [0.05, 0.1) is 33.6 Å². The van der Waals surface area contributed by atoms with Crippen LogP contribution in [0, 0.1) is 0 Å². The fraction of sp³-hybridized carbons (Fsp3) is 0.278. The van der Waals surface area contributed by atoms with Gasteiger partial charge in [-0.05, 0) is 25.0 Å². The van der Waals surface area contributed by atoms with Gasteiger partial charge in [0.2, 0.25) is 0 Å². The number of fused-ring (bicyclic) bond motifs is 3. The van der Waals surface area contributed by atoms with Crippen LogP contribution >= 0.6 is 23.2 Å². The van der Waals surface area contributed by atoms with E-state index in [1.165, 1.54) is 0 Å². The molecular weight excluding hydrogens is 359 g/mol. The first kappa shape index (κ1) is 15.2. The fourth-order valence-corrected chi connectivity index (χ4v) is 4.42. The number of Topliss-reactive ketones (excluding diaryl/α,β-unsaturated/α-hetero) is 1. The van der Waals surface area contributed by atoms with Gasteiger partial charge in [0.1, 0.15) is 5.82 Å². The molecule has 0 saturated carbocycles. The molecule has 25 heavy (non-hydrogen) atoms. The largest absolute Gasteiger partial charge is 0.343 e. The Bertz CT molecular complexity index is 1000. The van der Waals surface area contributed by atoms with E-state index in [9.17, 15) is 4.79 Å². The van der Waals surface area contributed by atoms with Crippen molar-refractivity contribution in [3.8, 4) is 5.69 Å². The quantitative estimate of drug-likeness (QED) is 0.681. The Morgan fingerprint density at radius 1 is 1.20 bits per heavy atom. The van der Waals surface area contributed by atoms with Gasteiger partial charge in [-0.15, -0.1) is 0 Å². The van der Waals surface area contributed by atoms with E-state index in [2.05, 4.69) is 9.88 Å². The van der Waals surface area contributed by atoms with Gasteiger partial charge in [-0.1, -0.05) is 23.2 Å². The highest BCUT2D eigenvalue weighted by molar-refractivity contribution is 6.45. The summed E-state index contributed by atoms with van der Waals surface area (Å²) in [5.41, 5.74) is 1.57. The maximum absolute atomic E-state index is 12.2. The van der Waals surface area contributed by atoms with Crippen molar-refractivity contribution in [2.75, 3.05) is 4.90 Å². The number of aromatic nitrogens is 3. The average Bonchev–Trinajstić information content (AvgIpc) is 3.33. The van der Waals surface area contributed by atoms with Gasteiger partial charge >= 0.3 is 0 Å². The first-order valence-corrected chi connectivity index (χ1v) is 8.97. The standard InChI is InChI=1S/C18H14Cl2N4O/c19-12-3-2-11-14(23-6-5-21-9-23)8-16(22-18(11)17(12)20)24-10-1-4-13(24)15(25)7-10/h2-3,5-6,8-10,13H,1,4,7H2. The molecule has 2 aromatic heterocycles. The second kappa shape index (κ2) is 5.44. The van der Waals surface area contributed by atoms with Gasteiger partial charge < -0.3 is 9.47 Å². The van der Waals surface area contributed by atoms with Crippen molar-refractivity contribution in [1.82, 2.24) is 14.5 Å². The predicted molar refractivity (Wildman–Crippen MR) is 97.8 cm³/mol. The third-order valence-electron chi connectivity index (χ3n) is 5.20. The van der Waals surface area contributed by atoms with Gasteiger partial charge in [0.25, 0.3) is 0 Å². The summed E-state index contributed by atoms with van der Waals surface area (Å²) in [5, 5.41) is 1.80. The minimum Gasteiger partial charge on any atom is -0.343 e. The van der Waals surface area contributed by atoms with Crippen molar-refractivity contribution in [1.29, 1.82) is 0 Å². The Hall–Kier alpha value is -2.11. The first-order valence-electron chi connectivity index (χ1n) is 8.21. The number of benzene rings is 1. The van der Waals surface area contributed by atoms with Crippen LogP contribution in [0.15, 0.2) is 36.9 Å². The molecule has 126 valence electrons. The summed E-state index contributed by atoms with van der Waals surface area (Å²) >= 11 is 12.7. The molecule has 2 saturated heterocycles. The molecule has 2 unspecified atom stereocenters. The van der Waals surface area contributed by atoms with E-state index >= 15 is 0 Å². The molecule has 2 aliphatic heterocycles. The minimum absolute atomic E-state index is 0.0662. The summed E-state index contributed by atoms with van der Waals surface area (Å²) in [5.74, 6) is 1.08. The lowest BCUT2D eigenvalue weighted by Gasteiger charge is -2.24. The number of halogens is 2. The Labute approximate surface area is 154 Å². The zero-order chi connectivity index (χ0) is 17.1. The van der Waals surface area contributed by atoms with E-state index < -0.39 is 0 Å². The van der Waals surface area contributed by atoms with Crippen molar-refractivity contribution < 1.29 is 4.79 Å². The number of nitrogens with zero attached hydrogens (tertiary/aromatic N) is 4. The summed E-state index contributed by atoms with van der Waals surface area (Å²) < 4.78 is 1.93. The lowest BCUT2D eigenvalue weighted by atomic mass is 10.00. The number of imidazole rings is 1. The normalized spacial score (nSPS) is 22.3. The fourth-order valence-electron chi connectivity index (χ4n) is 4.06. The molecular formula is C18H14Cl2N4O. The second-order valence-corrected chi connectivity index (χ2v) is 7.34. The van der Waals surface area contributed by atoms with Crippen LogP contribution in [0.3, 0.4) is 0 Å². The van der Waals surface area contributed by atoms with E-state index in [1.54, 1.807) is 18.6 Å². The molecule has 4 heterocycles.